The second-order valence-electron chi connectivity index (χ2n) is 3.23. The van der Waals surface area contributed by atoms with E-state index >= 15 is 0 Å². The lowest BCUT2D eigenvalue weighted by Crippen LogP contribution is -2.11. The van der Waals surface area contributed by atoms with Gasteiger partial charge in [0.2, 0.25) is 10.0 Å². The molecule has 0 saturated heterocycles. The molecule has 90 valence electrons. The van der Waals surface area contributed by atoms with Crippen molar-refractivity contribution < 1.29 is 13.2 Å². The van der Waals surface area contributed by atoms with E-state index in [9.17, 15) is 8.42 Å². The van der Waals surface area contributed by atoms with Gasteiger partial charge in [-0.2, -0.15) is 0 Å². The standard InChI is InChI=1S/C9H15N3O3S/c1-15-6-5-10-9-4-3-8(7-11-9)12-16(2,13)14/h3-4,7,12H,5-6H2,1-2H3,(H,10,11). The van der Waals surface area contributed by atoms with Crippen molar-refractivity contribution in [2.45, 2.75) is 0 Å². The first-order valence-corrected chi connectivity index (χ1v) is 6.57. The molecule has 0 spiro atoms. The zero-order chi connectivity index (χ0) is 12.0. The third-order valence-electron chi connectivity index (χ3n) is 1.68. The Morgan fingerprint density at radius 1 is 1.44 bits per heavy atom. The topological polar surface area (TPSA) is 80.3 Å². The predicted molar refractivity (Wildman–Crippen MR) is 63.1 cm³/mol. The number of pyridine rings is 1. The van der Waals surface area contributed by atoms with Gasteiger partial charge in [-0.1, -0.05) is 0 Å². The van der Waals surface area contributed by atoms with Crippen LogP contribution >= 0.6 is 0 Å². The first-order chi connectivity index (χ1) is 7.51. The van der Waals surface area contributed by atoms with Gasteiger partial charge in [0.05, 0.1) is 24.7 Å². The molecule has 0 aliphatic carbocycles. The summed E-state index contributed by atoms with van der Waals surface area (Å²) in [6.07, 6.45) is 2.55. The number of nitrogens with one attached hydrogen (secondary N) is 2. The highest BCUT2D eigenvalue weighted by atomic mass is 32.2. The molecular formula is C9H15N3O3S. The summed E-state index contributed by atoms with van der Waals surface area (Å²) >= 11 is 0. The van der Waals surface area contributed by atoms with E-state index in [0.717, 1.165) is 6.26 Å². The third kappa shape index (κ3) is 4.94. The Hall–Kier alpha value is -1.34. The number of methoxy groups -OCH3 is 1. The number of rotatable bonds is 6. The number of ether oxygens (including phenoxy) is 1. The first kappa shape index (κ1) is 12.7. The Morgan fingerprint density at radius 3 is 2.69 bits per heavy atom. The second-order valence-corrected chi connectivity index (χ2v) is 4.97. The van der Waals surface area contributed by atoms with Crippen LogP contribution in [0.3, 0.4) is 0 Å². The Bertz CT molecular complexity index is 416. The van der Waals surface area contributed by atoms with Gasteiger partial charge in [-0.3, -0.25) is 4.72 Å². The third-order valence-corrected chi connectivity index (χ3v) is 2.29. The Labute approximate surface area is 95.1 Å². The molecule has 0 aromatic carbocycles. The number of sulfonamides is 1. The molecule has 0 aliphatic heterocycles. The smallest absolute Gasteiger partial charge is 0.229 e. The SMILES string of the molecule is COCCNc1ccc(NS(C)(=O)=O)cn1. The second kappa shape index (κ2) is 5.66. The molecule has 0 amide bonds. The van der Waals surface area contributed by atoms with Gasteiger partial charge in [0, 0.05) is 13.7 Å². The fourth-order valence-corrected chi connectivity index (χ4v) is 1.60. The minimum atomic E-state index is -3.24. The van der Waals surface area contributed by atoms with Crippen molar-refractivity contribution in [1.29, 1.82) is 0 Å². The molecule has 1 aromatic heterocycles. The highest BCUT2D eigenvalue weighted by molar-refractivity contribution is 7.92. The van der Waals surface area contributed by atoms with E-state index < -0.39 is 10.0 Å². The summed E-state index contributed by atoms with van der Waals surface area (Å²) in [4.78, 5) is 4.04. The summed E-state index contributed by atoms with van der Waals surface area (Å²) in [6.45, 7) is 1.24. The highest BCUT2D eigenvalue weighted by Crippen LogP contribution is 2.10. The van der Waals surface area contributed by atoms with Crippen LogP contribution in [0.15, 0.2) is 18.3 Å². The maximum Gasteiger partial charge on any atom is 0.229 e. The number of aromatic nitrogens is 1. The van der Waals surface area contributed by atoms with E-state index in [4.69, 9.17) is 4.74 Å². The van der Waals surface area contributed by atoms with Crippen molar-refractivity contribution in [2.24, 2.45) is 0 Å². The molecule has 6 nitrogen and oxygen atoms in total. The van der Waals surface area contributed by atoms with Gasteiger partial charge in [-0.15, -0.1) is 0 Å². The van der Waals surface area contributed by atoms with Gasteiger partial charge in [0.25, 0.3) is 0 Å². The van der Waals surface area contributed by atoms with Crippen molar-refractivity contribution in [1.82, 2.24) is 4.98 Å². The quantitative estimate of drug-likeness (QED) is 0.714. The van der Waals surface area contributed by atoms with E-state index in [1.807, 2.05) is 0 Å². The molecule has 0 bridgehead atoms. The molecule has 0 unspecified atom stereocenters. The molecule has 1 rings (SSSR count). The van der Waals surface area contributed by atoms with Gasteiger partial charge >= 0.3 is 0 Å². The summed E-state index contributed by atoms with van der Waals surface area (Å²) < 4.78 is 29.1. The molecule has 2 N–H and O–H groups in total. The van der Waals surface area contributed by atoms with Crippen LogP contribution in [0.25, 0.3) is 0 Å². The number of hydrogen-bond acceptors (Lipinski definition) is 5. The minimum Gasteiger partial charge on any atom is -0.383 e. The maximum absolute atomic E-state index is 10.9. The summed E-state index contributed by atoms with van der Waals surface area (Å²) in [5.74, 6) is 0.677. The lowest BCUT2D eigenvalue weighted by Gasteiger charge is -2.06. The zero-order valence-corrected chi connectivity index (χ0v) is 10.0. The Morgan fingerprint density at radius 2 is 2.19 bits per heavy atom. The van der Waals surface area contributed by atoms with Crippen molar-refractivity contribution >= 4 is 21.5 Å². The molecule has 0 fully saturated rings. The van der Waals surface area contributed by atoms with Gasteiger partial charge in [-0.25, -0.2) is 13.4 Å². The minimum absolute atomic E-state index is 0.444. The fraction of sp³-hybridized carbons (Fsp3) is 0.444. The lowest BCUT2D eigenvalue weighted by molar-refractivity contribution is 0.210. The maximum atomic E-state index is 10.9. The van der Waals surface area contributed by atoms with Gasteiger partial charge in [0.15, 0.2) is 0 Å². The highest BCUT2D eigenvalue weighted by Gasteiger charge is 2.01. The van der Waals surface area contributed by atoms with E-state index in [2.05, 4.69) is 15.0 Å². The number of anilines is 2. The molecule has 0 radical (unpaired) electrons. The number of hydrogen-bond donors (Lipinski definition) is 2. The van der Waals surface area contributed by atoms with Crippen LogP contribution in [0.1, 0.15) is 0 Å². The van der Waals surface area contributed by atoms with Crippen LogP contribution in [0.5, 0.6) is 0 Å². The molecule has 16 heavy (non-hydrogen) atoms. The van der Waals surface area contributed by atoms with Crippen LogP contribution < -0.4 is 10.0 Å². The summed E-state index contributed by atoms with van der Waals surface area (Å²) in [5, 5.41) is 3.02. The molecule has 0 atom stereocenters. The Balaban J connectivity index is 2.54. The molecule has 0 aliphatic rings. The van der Waals surface area contributed by atoms with Crippen LogP contribution in [-0.2, 0) is 14.8 Å². The predicted octanol–water partition coefficient (Wildman–Crippen LogP) is 0.511. The average Bonchev–Trinajstić information content (AvgIpc) is 2.19. The molecule has 1 heterocycles. The average molecular weight is 245 g/mol. The Kier molecular flexibility index (Phi) is 4.51. The van der Waals surface area contributed by atoms with Gasteiger partial charge in [0.1, 0.15) is 5.82 Å². The summed E-state index contributed by atoms with van der Waals surface area (Å²) in [6, 6.07) is 3.34. The van der Waals surface area contributed by atoms with Crippen LogP contribution in [-0.4, -0.2) is 39.9 Å². The van der Waals surface area contributed by atoms with Gasteiger partial charge < -0.3 is 10.1 Å². The van der Waals surface area contributed by atoms with Crippen LogP contribution in [0, 0.1) is 0 Å². The normalized spacial score (nSPS) is 11.1. The van der Waals surface area contributed by atoms with Crippen molar-refractivity contribution in [3.8, 4) is 0 Å². The van der Waals surface area contributed by atoms with Crippen LogP contribution in [0.4, 0.5) is 11.5 Å². The lowest BCUT2D eigenvalue weighted by atomic mass is 10.4. The summed E-state index contributed by atoms with van der Waals surface area (Å²) in [7, 11) is -1.62. The monoisotopic (exact) mass is 245 g/mol. The molecule has 7 heteroatoms. The van der Waals surface area contributed by atoms with Crippen molar-refractivity contribution in [2.75, 3.05) is 36.6 Å². The van der Waals surface area contributed by atoms with Crippen molar-refractivity contribution in [3.05, 3.63) is 18.3 Å². The number of nitrogens with zero attached hydrogens (tertiary/aromatic N) is 1. The van der Waals surface area contributed by atoms with E-state index in [-0.39, 0.29) is 0 Å². The summed E-state index contributed by atoms with van der Waals surface area (Å²) in [5.41, 5.74) is 0.444. The first-order valence-electron chi connectivity index (χ1n) is 4.68. The zero-order valence-electron chi connectivity index (χ0n) is 9.23. The molecule has 0 saturated carbocycles. The van der Waals surface area contributed by atoms with Crippen molar-refractivity contribution in [3.63, 3.8) is 0 Å². The van der Waals surface area contributed by atoms with Crippen LogP contribution in [0.2, 0.25) is 0 Å². The van der Waals surface area contributed by atoms with E-state index in [0.29, 0.717) is 24.7 Å². The fourth-order valence-electron chi connectivity index (χ4n) is 1.05. The van der Waals surface area contributed by atoms with Gasteiger partial charge in [-0.05, 0) is 12.1 Å². The largest absolute Gasteiger partial charge is 0.383 e. The molecular weight excluding hydrogens is 230 g/mol. The van der Waals surface area contributed by atoms with E-state index in [1.165, 1.54) is 6.20 Å². The van der Waals surface area contributed by atoms with E-state index in [1.54, 1.807) is 19.2 Å². The molecule has 1 aromatic rings.